The molecular weight excluding hydrogens is 524 g/mol. The maximum atomic E-state index is 13.1. The standard InChI is InChI=1S/C27H23ClN6O3S/c1-2-24-32-34-27(38-24)30-26(37)22(16-23(35)17-12-14-18(28)15-13-17)31-33-25(36)20-10-6-7-11-21(20)29-19-8-4-3-5-9-19/h3-15,29H,2,16H2,1H3,(H,33,36)(H,30,34,37). The molecule has 38 heavy (non-hydrogen) atoms. The normalized spacial score (nSPS) is 11.1. The zero-order chi connectivity index (χ0) is 26.9. The number of benzene rings is 3. The Morgan fingerprint density at radius 1 is 0.921 bits per heavy atom. The highest BCUT2D eigenvalue weighted by Gasteiger charge is 2.20. The molecular formula is C27H23ClN6O3S. The Kier molecular flexibility index (Phi) is 8.91. The van der Waals surface area contributed by atoms with Gasteiger partial charge in [0.15, 0.2) is 5.78 Å². The van der Waals surface area contributed by atoms with E-state index in [1.54, 1.807) is 48.5 Å². The van der Waals surface area contributed by atoms with Crippen molar-refractivity contribution in [3.8, 4) is 0 Å². The summed E-state index contributed by atoms with van der Waals surface area (Å²) in [6.45, 7) is 1.92. The molecule has 1 aromatic heterocycles. The number of ketones is 1. The van der Waals surface area contributed by atoms with Crippen molar-refractivity contribution >= 4 is 62.8 Å². The van der Waals surface area contributed by atoms with Gasteiger partial charge in [0, 0.05) is 16.3 Å². The van der Waals surface area contributed by atoms with Gasteiger partial charge in [0.2, 0.25) is 5.13 Å². The van der Waals surface area contributed by atoms with E-state index in [0.29, 0.717) is 28.3 Å². The fourth-order valence-electron chi connectivity index (χ4n) is 3.32. The van der Waals surface area contributed by atoms with Gasteiger partial charge in [-0.25, -0.2) is 5.43 Å². The largest absolute Gasteiger partial charge is 0.355 e. The number of hydrogen-bond donors (Lipinski definition) is 3. The zero-order valence-electron chi connectivity index (χ0n) is 20.3. The third-order valence-electron chi connectivity index (χ3n) is 5.26. The lowest BCUT2D eigenvalue weighted by atomic mass is 10.1. The summed E-state index contributed by atoms with van der Waals surface area (Å²) in [5.41, 5.74) is 4.23. The van der Waals surface area contributed by atoms with Crippen LogP contribution in [-0.2, 0) is 11.2 Å². The molecule has 0 bridgehead atoms. The van der Waals surface area contributed by atoms with Gasteiger partial charge in [-0.3, -0.25) is 19.7 Å². The second-order valence-electron chi connectivity index (χ2n) is 7.95. The van der Waals surface area contributed by atoms with Crippen molar-refractivity contribution in [1.82, 2.24) is 15.6 Å². The number of para-hydroxylation sites is 2. The Labute approximate surface area is 228 Å². The number of hydrazone groups is 1. The molecule has 0 aliphatic rings. The number of carbonyl (C=O) groups excluding carboxylic acids is 3. The van der Waals surface area contributed by atoms with Crippen LogP contribution in [0.25, 0.3) is 0 Å². The number of nitrogens with one attached hydrogen (secondary N) is 3. The first kappa shape index (κ1) is 26.6. The van der Waals surface area contributed by atoms with E-state index in [4.69, 9.17) is 11.6 Å². The molecule has 1 heterocycles. The van der Waals surface area contributed by atoms with Crippen LogP contribution in [0.4, 0.5) is 16.5 Å². The first-order valence-electron chi connectivity index (χ1n) is 11.6. The predicted molar refractivity (Wildman–Crippen MR) is 149 cm³/mol. The van der Waals surface area contributed by atoms with Gasteiger partial charge in [-0.05, 0) is 55.0 Å². The Balaban J connectivity index is 1.56. The fraction of sp³-hybridized carbons (Fsp3) is 0.111. The molecule has 0 saturated carbocycles. The molecule has 0 atom stereocenters. The first-order valence-corrected chi connectivity index (χ1v) is 12.8. The van der Waals surface area contributed by atoms with Crippen molar-refractivity contribution in [2.45, 2.75) is 19.8 Å². The highest BCUT2D eigenvalue weighted by atomic mass is 35.5. The SMILES string of the molecule is CCc1nnc(NC(=O)C(CC(=O)c2ccc(Cl)cc2)=NNC(=O)c2ccccc2Nc2ccccc2)s1. The van der Waals surface area contributed by atoms with Gasteiger partial charge in [0.1, 0.15) is 10.7 Å². The zero-order valence-corrected chi connectivity index (χ0v) is 21.8. The average molecular weight is 547 g/mol. The maximum Gasteiger partial charge on any atom is 0.274 e. The molecule has 0 spiro atoms. The summed E-state index contributed by atoms with van der Waals surface area (Å²) in [6, 6.07) is 22.5. The number of rotatable bonds is 10. The molecule has 0 aliphatic carbocycles. The topological polar surface area (TPSA) is 125 Å². The van der Waals surface area contributed by atoms with Crippen LogP contribution in [0.2, 0.25) is 5.02 Å². The van der Waals surface area contributed by atoms with E-state index >= 15 is 0 Å². The second kappa shape index (κ2) is 12.7. The van der Waals surface area contributed by atoms with Gasteiger partial charge in [-0.15, -0.1) is 10.2 Å². The summed E-state index contributed by atoms with van der Waals surface area (Å²) in [5, 5.41) is 19.2. The van der Waals surface area contributed by atoms with Crippen LogP contribution in [0, 0.1) is 0 Å². The van der Waals surface area contributed by atoms with Crippen LogP contribution in [0.1, 0.15) is 39.1 Å². The van der Waals surface area contributed by atoms with Gasteiger partial charge < -0.3 is 5.32 Å². The quantitative estimate of drug-likeness (QED) is 0.137. The summed E-state index contributed by atoms with van der Waals surface area (Å²) < 4.78 is 0. The number of anilines is 3. The minimum Gasteiger partial charge on any atom is -0.355 e. The Morgan fingerprint density at radius 2 is 1.63 bits per heavy atom. The summed E-state index contributed by atoms with van der Waals surface area (Å²) in [5.74, 6) is -1.61. The van der Waals surface area contributed by atoms with E-state index in [1.807, 2.05) is 37.3 Å². The van der Waals surface area contributed by atoms with Crippen LogP contribution in [-0.4, -0.2) is 33.5 Å². The van der Waals surface area contributed by atoms with Crippen molar-refractivity contribution in [3.63, 3.8) is 0 Å². The predicted octanol–water partition coefficient (Wildman–Crippen LogP) is 5.50. The molecule has 0 saturated heterocycles. The summed E-state index contributed by atoms with van der Waals surface area (Å²) >= 11 is 7.14. The average Bonchev–Trinajstić information content (AvgIpc) is 3.39. The van der Waals surface area contributed by atoms with Gasteiger partial charge in [-0.2, -0.15) is 5.10 Å². The third-order valence-corrected chi connectivity index (χ3v) is 6.50. The van der Waals surface area contributed by atoms with E-state index in [9.17, 15) is 14.4 Å². The van der Waals surface area contributed by atoms with Crippen molar-refractivity contribution < 1.29 is 14.4 Å². The molecule has 2 amide bonds. The number of halogens is 1. The molecule has 192 valence electrons. The highest BCUT2D eigenvalue weighted by Crippen LogP contribution is 2.21. The van der Waals surface area contributed by atoms with Crippen molar-refractivity contribution in [2.24, 2.45) is 5.10 Å². The smallest absolute Gasteiger partial charge is 0.274 e. The third kappa shape index (κ3) is 7.09. The van der Waals surface area contributed by atoms with Crippen LogP contribution in [0.3, 0.4) is 0 Å². The van der Waals surface area contributed by atoms with Crippen LogP contribution < -0.4 is 16.1 Å². The van der Waals surface area contributed by atoms with Crippen LogP contribution in [0.5, 0.6) is 0 Å². The minimum absolute atomic E-state index is 0.194. The molecule has 4 rings (SSSR count). The number of nitrogens with zero attached hydrogens (tertiary/aromatic N) is 3. The molecule has 0 radical (unpaired) electrons. The number of hydrogen-bond acceptors (Lipinski definition) is 8. The minimum atomic E-state index is -0.679. The number of aromatic nitrogens is 2. The molecule has 11 heteroatoms. The highest BCUT2D eigenvalue weighted by molar-refractivity contribution is 7.15. The Bertz CT molecular complexity index is 1470. The molecule has 0 fully saturated rings. The first-order chi connectivity index (χ1) is 18.4. The van der Waals surface area contributed by atoms with Crippen LogP contribution in [0.15, 0.2) is 84.0 Å². The fourth-order valence-corrected chi connectivity index (χ4v) is 4.12. The molecule has 9 nitrogen and oxygen atoms in total. The molecule has 0 aliphatic heterocycles. The molecule has 0 unspecified atom stereocenters. The van der Waals surface area contributed by atoms with Crippen molar-refractivity contribution in [1.29, 1.82) is 0 Å². The van der Waals surface area contributed by atoms with Gasteiger partial charge in [-0.1, -0.05) is 60.2 Å². The Morgan fingerprint density at radius 3 is 2.34 bits per heavy atom. The maximum absolute atomic E-state index is 13.1. The molecule has 3 aromatic carbocycles. The number of aryl methyl sites for hydroxylation is 1. The monoisotopic (exact) mass is 546 g/mol. The van der Waals surface area contributed by atoms with Gasteiger partial charge in [0.25, 0.3) is 11.8 Å². The van der Waals surface area contributed by atoms with Crippen molar-refractivity contribution in [3.05, 3.63) is 100 Å². The van der Waals surface area contributed by atoms with Gasteiger partial charge >= 0.3 is 0 Å². The summed E-state index contributed by atoms with van der Waals surface area (Å²) in [6.07, 6.45) is 0.299. The van der Waals surface area contributed by atoms with E-state index in [1.165, 1.54) is 11.3 Å². The van der Waals surface area contributed by atoms with E-state index in [0.717, 1.165) is 10.7 Å². The van der Waals surface area contributed by atoms with E-state index in [2.05, 4.69) is 31.4 Å². The lowest BCUT2D eigenvalue weighted by Crippen LogP contribution is -2.29. The summed E-state index contributed by atoms with van der Waals surface area (Å²) in [4.78, 5) is 39.0. The number of carbonyl (C=O) groups is 3. The molecule has 3 N–H and O–H groups in total. The lowest BCUT2D eigenvalue weighted by molar-refractivity contribution is -0.110. The second-order valence-corrected chi connectivity index (χ2v) is 9.45. The van der Waals surface area contributed by atoms with E-state index < -0.39 is 11.8 Å². The number of amides is 2. The van der Waals surface area contributed by atoms with Crippen LogP contribution >= 0.6 is 22.9 Å². The molecule has 4 aromatic rings. The van der Waals surface area contributed by atoms with Gasteiger partial charge in [0.05, 0.1) is 17.7 Å². The Hall–Kier alpha value is -4.41. The van der Waals surface area contributed by atoms with Crippen molar-refractivity contribution in [2.75, 3.05) is 10.6 Å². The summed E-state index contributed by atoms with van der Waals surface area (Å²) in [7, 11) is 0. The number of Topliss-reactive ketones (excluding diaryl/α,β-unsaturated/α-hetero) is 1. The lowest BCUT2D eigenvalue weighted by Gasteiger charge is -2.11. The van der Waals surface area contributed by atoms with E-state index in [-0.39, 0.29) is 23.0 Å².